The number of aryl methyl sites for hydroxylation is 2. The normalized spacial score (nSPS) is 22.8. The van der Waals surface area contributed by atoms with Gasteiger partial charge in [-0.25, -0.2) is 8.42 Å². The van der Waals surface area contributed by atoms with Gasteiger partial charge in [0.25, 0.3) is 0 Å². The number of nitrogens with zero attached hydrogens (tertiary/aromatic N) is 5. The van der Waals surface area contributed by atoms with Crippen molar-refractivity contribution in [1.29, 1.82) is 5.26 Å². The Morgan fingerprint density at radius 2 is 1.87 bits per heavy atom. The van der Waals surface area contributed by atoms with Gasteiger partial charge >= 0.3 is 0 Å². The maximum Gasteiger partial charge on any atom is 0.248 e. The van der Waals surface area contributed by atoms with Gasteiger partial charge in [0, 0.05) is 39.3 Å². The number of hydrogen-bond acceptors (Lipinski definition) is 7. The summed E-state index contributed by atoms with van der Waals surface area (Å²) in [4.78, 5) is 17.2. The van der Waals surface area contributed by atoms with Gasteiger partial charge in [0.15, 0.2) is 5.76 Å². The Hall–Kier alpha value is -1.96. The molecule has 3 heterocycles. The minimum Gasteiger partial charge on any atom is -0.360 e. The monoisotopic (exact) mass is 437 g/mol. The standard InChI is InChI=1S/C20H31N5O4S/c1-14(2)18(12-21)23-8-10-24(11-9-23)20(26)17-6-5-7-25(13-17)30(27,28)19-15(3)22-29-16(19)4/h14,17-18H,5-11,13H2,1-4H3. The largest absolute Gasteiger partial charge is 0.360 e. The van der Waals surface area contributed by atoms with Crippen LogP contribution in [0.1, 0.15) is 38.1 Å². The highest BCUT2D eigenvalue weighted by Crippen LogP contribution is 2.28. The molecule has 0 aliphatic carbocycles. The third-order valence-electron chi connectivity index (χ3n) is 6.08. The van der Waals surface area contributed by atoms with Crippen LogP contribution in [-0.4, -0.2) is 78.9 Å². The van der Waals surface area contributed by atoms with Crippen LogP contribution in [0.25, 0.3) is 0 Å². The Morgan fingerprint density at radius 3 is 2.40 bits per heavy atom. The maximum atomic E-state index is 13.1. The topological polar surface area (TPSA) is 111 Å². The lowest BCUT2D eigenvalue weighted by atomic mass is 9.97. The number of carbonyl (C=O) groups excluding carboxylic acids is 1. The zero-order valence-electron chi connectivity index (χ0n) is 18.2. The van der Waals surface area contributed by atoms with E-state index in [-0.39, 0.29) is 41.0 Å². The molecule has 1 aromatic rings. The van der Waals surface area contributed by atoms with Crippen LogP contribution >= 0.6 is 0 Å². The van der Waals surface area contributed by atoms with Crippen LogP contribution in [0.3, 0.4) is 0 Å². The Kier molecular flexibility index (Phi) is 6.84. The number of sulfonamides is 1. The summed E-state index contributed by atoms with van der Waals surface area (Å²) in [6.45, 7) is 10.3. The van der Waals surface area contributed by atoms with E-state index in [0.717, 1.165) is 0 Å². The molecule has 1 amide bonds. The fraction of sp³-hybridized carbons (Fsp3) is 0.750. The lowest BCUT2D eigenvalue weighted by molar-refractivity contribution is -0.138. The average molecular weight is 438 g/mol. The number of piperidine rings is 1. The molecule has 30 heavy (non-hydrogen) atoms. The summed E-state index contributed by atoms with van der Waals surface area (Å²) < 4.78 is 32.7. The van der Waals surface area contributed by atoms with Gasteiger partial charge in [-0.3, -0.25) is 9.69 Å². The molecular weight excluding hydrogens is 406 g/mol. The van der Waals surface area contributed by atoms with E-state index in [0.29, 0.717) is 51.3 Å². The van der Waals surface area contributed by atoms with E-state index in [2.05, 4.69) is 16.1 Å². The van der Waals surface area contributed by atoms with Crippen molar-refractivity contribution in [2.45, 2.75) is 51.5 Å². The van der Waals surface area contributed by atoms with E-state index in [1.807, 2.05) is 18.7 Å². The molecule has 0 bridgehead atoms. The zero-order valence-corrected chi connectivity index (χ0v) is 19.0. The number of piperazine rings is 1. The van der Waals surface area contributed by atoms with Crippen LogP contribution in [0.5, 0.6) is 0 Å². The molecule has 1 aromatic heterocycles. The second-order valence-corrected chi connectivity index (χ2v) is 10.4. The van der Waals surface area contributed by atoms with Gasteiger partial charge in [0.2, 0.25) is 15.9 Å². The van der Waals surface area contributed by atoms with Crippen LogP contribution < -0.4 is 0 Å². The smallest absolute Gasteiger partial charge is 0.248 e. The Morgan fingerprint density at radius 1 is 1.20 bits per heavy atom. The van der Waals surface area contributed by atoms with Crippen molar-refractivity contribution in [2.24, 2.45) is 11.8 Å². The van der Waals surface area contributed by atoms with E-state index >= 15 is 0 Å². The number of hydrogen-bond donors (Lipinski definition) is 0. The average Bonchev–Trinajstić information content (AvgIpc) is 3.07. The summed E-state index contributed by atoms with van der Waals surface area (Å²) >= 11 is 0. The summed E-state index contributed by atoms with van der Waals surface area (Å²) in [7, 11) is -3.75. The van der Waals surface area contributed by atoms with Gasteiger partial charge in [-0.15, -0.1) is 0 Å². The number of aromatic nitrogens is 1. The van der Waals surface area contributed by atoms with E-state index in [1.54, 1.807) is 13.8 Å². The predicted molar refractivity (Wildman–Crippen MR) is 110 cm³/mol. The van der Waals surface area contributed by atoms with Gasteiger partial charge in [-0.05, 0) is 32.6 Å². The van der Waals surface area contributed by atoms with E-state index < -0.39 is 10.0 Å². The summed E-state index contributed by atoms with van der Waals surface area (Å²) in [5, 5.41) is 13.2. The van der Waals surface area contributed by atoms with Crippen molar-refractivity contribution in [2.75, 3.05) is 39.3 Å². The molecule has 2 atom stereocenters. The molecular formula is C20H31N5O4S. The van der Waals surface area contributed by atoms with E-state index in [9.17, 15) is 18.5 Å². The highest BCUT2D eigenvalue weighted by Gasteiger charge is 2.38. The second-order valence-electron chi connectivity index (χ2n) is 8.53. The Balaban J connectivity index is 1.65. The quantitative estimate of drug-likeness (QED) is 0.684. The van der Waals surface area contributed by atoms with E-state index in [1.165, 1.54) is 4.31 Å². The predicted octanol–water partition coefficient (Wildman–Crippen LogP) is 1.38. The van der Waals surface area contributed by atoms with Crippen LogP contribution in [-0.2, 0) is 14.8 Å². The molecule has 2 aliphatic heterocycles. The van der Waals surface area contributed by atoms with Crippen molar-refractivity contribution in [3.05, 3.63) is 11.5 Å². The first-order valence-corrected chi connectivity index (χ1v) is 12.0. The first kappa shape index (κ1) is 22.7. The second kappa shape index (κ2) is 9.04. The number of rotatable bonds is 5. The Bertz CT molecular complexity index is 893. The summed E-state index contributed by atoms with van der Waals surface area (Å²) in [5.74, 6) is 0.164. The van der Waals surface area contributed by atoms with Crippen molar-refractivity contribution in [3.63, 3.8) is 0 Å². The summed E-state index contributed by atoms with van der Waals surface area (Å²) in [5.41, 5.74) is 0.342. The van der Waals surface area contributed by atoms with Crippen LogP contribution in [0.2, 0.25) is 0 Å². The van der Waals surface area contributed by atoms with Crippen LogP contribution in [0, 0.1) is 37.0 Å². The fourth-order valence-electron chi connectivity index (χ4n) is 4.47. The molecule has 0 radical (unpaired) electrons. The number of carbonyl (C=O) groups is 1. The van der Waals surface area contributed by atoms with Crippen molar-refractivity contribution < 1.29 is 17.7 Å². The molecule has 0 saturated carbocycles. The van der Waals surface area contributed by atoms with Gasteiger partial charge < -0.3 is 9.42 Å². The third-order valence-corrected chi connectivity index (χ3v) is 8.19. The minimum absolute atomic E-state index is 0.00590. The molecule has 0 aromatic carbocycles. The van der Waals surface area contributed by atoms with Gasteiger partial charge in [0.05, 0.1) is 12.0 Å². The van der Waals surface area contributed by atoms with Gasteiger partial charge in [0.1, 0.15) is 16.6 Å². The highest BCUT2D eigenvalue weighted by molar-refractivity contribution is 7.89. The van der Waals surface area contributed by atoms with Gasteiger partial charge in [-0.1, -0.05) is 19.0 Å². The lowest BCUT2D eigenvalue weighted by Crippen LogP contribution is -2.55. The summed E-state index contributed by atoms with van der Waals surface area (Å²) in [6.07, 6.45) is 1.32. The Labute approximate surface area is 178 Å². The first-order chi connectivity index (χ1) is 14.2. The van der Waals surface area contributed by atoms with Gasteiger partial charge in [-0.2, -0.15) is 9.57 Å². The minimum atomic E-state index is -3.75. The lowest BCUT2D eigenvalue weighted by Gasteiger charge is -2.40. The fourth-order valence-corrected chi connectivity index (χ4v) is 6.28. The highest BCUT2D eigenvalue weighted by atomic mass is 32.2. The van der Waals surface area contributed by atoms with Crippen molar-refractivity contribution in [1.82, 2.24) is 19.3 Å². The first-order valence-electron chi connectivity index (χ1n) is 10.5. The van der Waals surface area contributed by atoms with E-state index in [4.69, 9.17) is 4.52 Å². The summed E-state index contributed by atoms with van der Waals surface area (Å²) in [6, 6.07) is 2.21. The third kappa shape index (κ3) is 4.38. The molecule has 2 unspecified atom stereocenters. The SMILES string of the molecule is Cc1noc(C)c1S(=O)(=O)N1CCCC(C(=O)N2CCN(C(C#N)C(C)C)CC2)C1. The van der Waals surface area contributed by atoms with Crippen molar-refractivity contribution in [3.8, 4) is 6.07 Å². The molecule has 10 heteroatoms. The maximum absolute atomic E-state index is 13.1. The number of nitriles is 1. The molecule has 2 saturated heterocycles. The molecule has 0 spiro atoms. The zero-order chi connectivity index (χ0) is 22.1. The molecule has 0 N–H and O–H groups in total. The molecule has 3 rings (SSSR count). The molecule has 2 aliphatic rings. The molecule has 9 nitrogen and oxygen atoms in total. The van der Waals surface area contributed by atoms with Crippen LogP contribution in [0.4, 0.5) is 0 Å². The van der Waals surface area contributed by atoms with Crippen molar-refractivity contribution >= 4 is 15.9 Å². The number of amides is 1. The van der Waals surface area contributed by atoms with Crippen LogP contribution in [0.15, 0.2) is 9.42 Å². The molecule has 2 fully saturated rings. The molecule has 166 valence electrons.